The van der Waals surface area contributed by atoms with Crippen molar-refractivity contribution >= 4 is 11.3 Å². The summed E-state index contributed by atoms with van der Waals surface area (Å²) in [7, 11) is 0. The van der Waals surface area contributed by atoms with Crippen molar-refractivity contribution in [3.63, 3.8) is 0 Å². The van der Waals surface area contributed by atoms with Crippen molar-refractivity contribution < 1.29 is 8.78 Å². The summed E-state index contributed by atoms with van der Waals surface area (Å²) in [5.41, 5.74) is 1.61. The first-order valence-corrected chi connectivity index (χ1v) is 7.57. The predicted octanol–water partition coefficient (Wildman–Crippen LogP) is 4.01. The smallest absolute Gasteiger partial charge is 0.126 e. The number of hydrogen-bond acceptors (Lipinski definition) is 3. The Morgan fingerprint density at radius 3 is 2.50 bits per heavy atom. The molecule has 2 nitrogen and oxygen atoms in total. The molecule has 1 N–H and O–H groups in total. The average molecular weight is 296 g/mol. The van der Waals surface area contributed by atoms with Gasteiger partial charge in [-0.3, -0.25) is 0 Å². The van der Waals surface area contributed by atoms with Gasteiger partial charge in [-0.25, -0.2) is 13.8 Å². The second-order valence-corrected chi connectivity index (χ2v) is 5.74. The number of nitrogens with one attached hydrogen (secondary N) is 1. The van der Waals surface area contributed by atoms with Crippen LogP contribution in [0.15, 0.2) is 23.6 Å². The molecule has 0 aliphatic carbocycles. The van der Waals surface area contributed by atoms with Crippen molar-refractivity contribution in [3.8, 4) is 0 Å². The number of benzene rings is 1. The number of hydrogen-bond donors (Lipinski definition) is 1. The van der Waals surface area contributed by atoms with Crippen LogP contribution in [0.1, 0.15) is 35.7 Å². The SMILES string of the molecule is CCCNC(Cc1nc(C)cs1)c1cc(F)cc(F)c1. The summed E-state index contributed by atoms with van der Waals surface area (Å²) in [4.78, 5) is 4.42. The molecule has 0 aliphatic rings. The molecule has 2 rings (SSSR count). The second-order valence-electron chi connectivity index (χ2n) is 4.80. The van der Waals surface area contributed by atoms with E-state index in [1.165, 1.54) is 12.1 Å². The minimum Gasteiger partial charge on any atom is -0.310 e. The van der Waals surface area contributed by atoms with Gasteiger partial charge in [0, 0.05) is 29.6 Å². The third-order valence-electron chi connectivity index (χ3n) is 2.97. The lowest BCUT2D eigenvalue weighted by molar-refractivity contribution is 0.514. The topological polar surface area (TPSA) is 24.9 Å². The van der Waals surface area contributed by atoms with Crippen LogP contribution in [-0.4, -0.2) is 11.5 Å². The molecule has 5 heteroatoms. The Labute approximate surface area is 121 Å². The van der Waals surface area contributed by atoms with E-state index in [0.29, 0.717) is 12.0 Å². The minimum atomic E-state index is -0.543. The van der Waals surface area contributed by atoms with Gasteiger partial charge >= 0.3 is 0 Å². The number of rotatable bonds is 6. The van der Waals surface area contributed by atoms with Gasteiger partial charge in [-0.05, 0) is 37.6 Å². The normalized spacial score (nSPS) is 12.6. The Hall–Kier alpha value is -1.33. The first kappa shape index (κ1) is 15.1. The summed E-state index contributed by atoms with van der Waals surface area (Å²) in [6.07, 6.45) is 1.60. The number of thiazole rings is 1. The first-order valence-electron chi connectivity index (χ1n) is 6.69. The molecule has 0 bridgehead atoms. The van der Waals surface area contributed by atoms with Crippen molar-refractivity contribution in [2.75, 3.05) is 6.54 Å². The van der Waals surface area contributed by atoms with Crippen LogP contribution in [-0.2, 0) is 6.42 Å². The van der Waals surface area contributed by atoms with Crippen molar-refractivity contribution in [1.29, 1.82) is 0 Å². The molecular weight excluding hydrogens is 278 g/mol. The molecule has 108 valence electrons. The van der Waals surface area contributed by atoms with E-state index in [9.17, 15) is 8.78 Å². The Morgan fingerprint density at radius 2 is 1.95 bits per heavy atom. The highest BCUT2D eigenvalue weighted by atomic mass is 32.1. The maximum atomic E-state index is 13.4. The first-order chi connectivity index (χ1) is 9.58. The molecular formula is C15H18F2N2S. The highest BCUT2D eigenvalue weighted by molar-refractivity contribution is 7.09. The Kier molecular flexibility index (Phi) is 5.20. The van der Waals surface area contributed by atoms with Crippen LogP contribution in [0.25, 0.3) is 0 Å². The van der Waals surface area contributed by atoms with E-state index in [0.717, 1.165) is 29.7 Å². The highest BCUT2D eigenvalue weighted by Gasteiger charge is 2.15. The number of aryl methyl sites for hydroxylation is 1. The molecule has 20 heavy (non-hydrogen) atoms. The van der Waals surface area contributed by atoms with Crippen LogP contribution in [0.2, 0.25) is 0 Å². The van der Waals surface area contributed by atoms with Gasteiger partial charge in [-0.1, -0.05) is 6.92 Å². The zero-order valence-electron chi connectivity index (χ0n) is 11.6. The minimum absolute atomic E-state index is 0.120. The van der Waals surface area contributed by atoms with Crippen molar-refractivity contribution in [2.45, 2.75) is 32.7 Å². The van der Waals surface area contributed by atoms with Crippen molar-refractivity contribution in [3.05, 3.63) is 51.5 Å². The second kappa shape index (κ2) is 6.90. The molecule has 0 spiro atoms. The molecule has 0 amide bonds. The number of aromatic nitrogens is 1. The van der Waals surface area contributed by atoms with E-state index < -0.39 is 11.6 Å². The van der Waals surface area contributed by atoms with Crippen molar-refractivity contribution in [1.82, 2.24) is 10.3 Å². The summed E-state index contributed by atoms with van der Waals surface area (Å²) in [6.45, 7) is 4.80. The zero-order valence-corrected chi connectivity index (χ0v) is 12.4. The van der Waals surface area contributed by atoms with E-state index in [-0.39, 0.29) is 6.04 Å². The third kappa shape index (κ3) is 4.08. The molecule has 1 aromatic carbocycles. The van der Waals surface area contributed by atoms with Gasteiger partial charge in [0.2, 0.25) is 0 Å². The third-order valence-corrected chi connectivity index (χ3v) is 3.96. The standard InChI is InChI=1S/C15H18F2N2S/c1-3-4-18-14(8-15-19-10(2)9-20-15)11-5-12(16)7-13(17)6-11/h5-7,9,14,18H,3-4,8H2,1-2H3. The fourth-order valence-corrected chi connectivity index (χ4v) is 2.89. The molecule has 1 unspecified atom stereocenters. The molecule has 1 heterocycles. The van der Waals surface area contributed by atoms with E-state index in [1.54, 1.807) is 11.3 Å². The van der Waals surface area contributed by atoms with Gasteiger partial charge in [-0.15, -0.1) is 11.3 Å². The van der Waals surface area contributed by atoms with Crippen LogP contribution >= 0.6 is 11.3 Å². The fraction of sp³-hybridized carbons (Fsp3) is 0.400. The monoisotopic (exact) mass is 296 g/mol. The van der Waals surface area contributed by atoms with Crippen LogP contribution in [0.5, 0.6) is 0 Å². The molecule has 1 aromatic heterocycles. The predicted molar refractivity (Wildman–Crippen MR) is 77.9 cm³/mol. The van der Waals surface area contributed by atoms with E-state index in [2.05, 4.69) is 17.2 Å². The summed E-state index contributed by atoms with van der Waals surface area (Å²) in [6, 6.07) is 3.55. The van der Waals surface area contributed by atoms with Crippen LogP contribution in [0.3, 0.4) is 0 Å². The lowest BCUT2D eigenvalue weighted by Crippen LogP contribution is -2.24. The molecule has 1 atom stereocenters. The van der Waals surface area contributed by atoms with E-state index in [4.69, 9.17) is 0 Å². The maximum absolute atomic E-state index is 13.4. The van der Waals surface area contributed by atoms with Gasteiger partial charge in [-0.2, -0.15) is 0 Å². The average Bonchev–Trinajstić information content (AvgIpc) is 2.79. The highest BCUT2D eigenvalue weighted by Crippen LogP contribution is 2.22. The summed E-state index contributed by atoms with van der Waals surface area (Å²) < 4.78 is 26.7. The zero-order chi connectivity index (χ0) is 14.5. The Balaban J connectivity index is 2.21. The van der Waals surface area contributed by atoms with Crippen LogP contribution in [0.4, 0.5) is 8.78 Å². The lowest BCUT2D eigenvalue weighted by Gasteiger charge is -2.18. The maximum Gasteiger partial charge on any atom is 0.126 e. The van der Waals surface area contributed by atoms with Crippen LogP contribution < -0.4 is 5.32 Å². The van der Waals surface area contributed by atoms with Gasteiger partial charge in [0.1, 0.15) is 11.6 Å². The molecule has 0 saturated heterocycles. The van der Waals surface area contributed by atoms with Gasteiger partial charge in [0.15, 0.2) is 0 Å². The van der Waals surface area contributed by atoms with Gasteiger partial charge in [0.25, 0.3) is 0 Å². The Morgan fingerprint density at radius 1 is 1.25 bits per heavy atom. The summed E-state index contributed by atoms with van der Waals surface area (Å²) in [5, 5.41) is 6.29. The molecule has 0 radical (unpaired) electrons. The van der Waals surface area contributed by atoms with Crippen molar-refractivity contribution in [2.24, 2.45) is 0 Å². The largest absolute Gasteiger partial charge is 0.310 e. The number of halogens is 2. The fourth-order valence-electron chi connectivity index (χ4n) is 2.07. The lowest BCUT2D eigenvalue weighted by atomic mass is 10.0. The van der Waals surface area contributed by atoms with E-state index in [1.807, 2.05) is 12.3 Å². The molecule has 0 aliphatic heterocycles. The molecule has 0 fully saturated rings. The summed E-state index contributed by atoms with van der Waals surface area (Å²) in [5.74, 6) is -1.09. The molecule has 0 saturated carbocycles. The van der Waals surface area contributed by atoms with Gasteiger partial charge in [0.05, 0.1) is 5.01 Å². The molecule has 2 aromatic rings. The summed E-state index contributed by atoms with van der Waals surface area (Å²) >= 11 is 1.58. The quantitative estimate of drug-likeness (QED) is 0.871. The van der Waals surface area contributed by atoms with Gasteiger partial charge < -0.3 is 5.32 Å². The van der Waals surface area contributed by atoms with E-state index >= 15 is 0 Å². The van der Waals surface area contributed by atoms with Crippen LogP contribution in [0, 0.1) is 18.6 Å². The number of nitrogens with zero attached hydrogens (tertiary/aromatic N) is 1. The Bertz CT molecular complexity index is 549.